The molecule has 6 heteroatoms. The van der Waals surface area contributed by atoms with Gasteiger partial charge in [0.25, 0.3) is 5.91 Å². The molecule has 3 aromatic rings. The summed E-state index contributed by atoms with van der Waals surface area (Å²) >= 11 is 1.39. The molecule has 5 nitrogen and oxygen atoms in total. The minimum Gasteiger partial charge on any atom is -0.484 e. The molecule has 0 fully saturated rings. The van der Waals surface area contributed by atoms with Gasteiger partial charge in [0.05, 0.1) is 5.69 Å². The van der Waals surface area contributed by atoms with Gasteiger partial charge in [-0.1, -0.05) is 24.3 Å². The van der Waals surface area contributed by atoms with Gasteiger partial charge in [0.15, 0.2) is 11.7 Å². The largest absolute Gasteiger partial charge is 0.484 e. The Morgan fingerprint density at radius 2 is 2.08 bits per heavy atom. The SMILES string of the molecule is Cc1cccc(NC(=O)COc2cccc(-c3csc(N)n3)c2)c1. The highest BCUT2D eigenvalue weighted by Crippen LogP contribution is 2.26. The van der Waals surface area contributed by atoms with E-state index in [2.05, 4.69) is 10.3 Å². The third-order valence-electron chi connectivity index (χ3n) is 3.32. The number of nitrogen functional groups attached to an aromatic ring is 1. The number of aromatic nitrogens is 1. The zero-order valence-electron chi connectivity index (χ0n) is 13.2. The zero-order chi connectivity index (χ0) is 16.9. The fraction of sp³-hybridized carbons (Fsp3) is 0.111. The number of ether oxygens (including phenoxy) is 1. The topological polar surface area (TPSA) is 77.2 Å². The van der Waals surface area contributed by atoms with Crippen LogP contribution in [0.5, 0.6) is 5.75 Å². The Morgan fingerprint density at radius 1 is 1.25 bits per heavy atom. The van der Waals surface area contributed by atoms with Gasteiger partial charge < -0.3 is 15.8 Å². The van der Waals surface area contributed by atoms with Crippen LogP contribution < -0.4 is 15.8 Å². The number of nitrogens with zero attached hydrogens (tertiary/aromatic N) is 1. The van der Waals surface area contributed by atoms with E-state index in [9.17, 15) is 4.79 Å². The van der Waals surface area contributed by atoms with Crippen molar-refractivity contribution >= 4 is 28.1 Å². The quantitative estimate of drug-likeness (QED) is 0.743. The second kappa shape index (κ2) is 7.14. The fourth-order valence-corrected chi connectivity index (χ4v) is 2.81. The van der Waals surface area contributed by atoms with Gasteiger partial charge in [-0.25, -0.2) is 4.98 Å². The highest BCUT2D eigenvalue weighted by Gasteiger charge is 2.07. The first-order valence-corrected chi connectivity index (χ1v) is 8.29. The number of nitrogens with two attached hydrogens (primary N) is 1. The van der Waals surface area contributed by atoms with Crippen LogP contribution in [0.25, 0.3) is 11.3 Å². The molecule has 0 atom stereocenters. The zero-order valence-corrected chi connectivity index (χ0v) is 14.0. The number of nitrogens with one attached hydrogen (secondary N) is 1. The Morgan fingerprint density at radius 3 is 2.83 bits per heavy atom. The molecule has 1 amide bonds. The summed E-state index contributed by atoms with van der Waals surface area (Å²) in [6, 6.07) is 15.1. The first-order chi connectivity index (χ1) is 11.6. The molecule has 0 bridgehead atoms. The molecule has 3 rings (SSSR count). The van der Waals surface area contributed by atoms with Crippen LogP contribution in [0.15, 0.2) is 53.9 Å². The Balaban J connectivity index is 1.61. The third kappa shape index (κ3) is 4.11. The summed E-state index contributed by atoms with van der Waals surface area (Å²) in [5, 5.41) is 5.22. The smallest absolute Gasteiger partial charge is 0.262 e. The van der Waals surface area contributed by atoms with Gasteiger partial charge in [-0.15, -0.1) is 11.3 Å². The maximum absolute atomic E-state index is 12.0. The number of carbonyl (C=O) groups excluding carboxylic acids is 1. The number of amides is 1. The molecule has 122 valence electrons. The Hall–Kier alpha value is -2.86. The Labute approximate surface area is 144 Å². The van der Waals surface area contributed by atoms with Gasteiger partial charge in [-0.3, -0.25) is 4.79 Å². The molecule has 0 aliphatic carbocycles. The lowest BCUT2D eigenvalue weighted by Gasteiger charge is -2.09. The van der Waals surface area contributed by atoms with Crippen LogP contribution in [-0.4, -0.2) is 17.5 Å². The van der Waals surface area contributed by atoms with Crippen LogP contribution in [0.2, 0.25) is 0 Å². The third-order valence-corrected chi connectivity index (χ3v) is 4.00. The van der Waals surface area contributed by atoms with E-state index in [1.807, 2.05) is 54.8 Å². The molecule has 0 saturated carbocycles. The van der Waals surface area contributed by atoms with E-state index in [0.29, 0.717) is 10.9 Å². The lowest BCUT2D eigenvalue weighted by atomic mass is 10.2. The number of rotatable bonds is 5. The lowest BCUT2D eigenvalue weighted by Crippen LogP contribution is -2.20. The number of carbonyl (C=O) groups is 1. The summed E-state index contributed by atoms with van der Waals surface area (Å²) < 4.78 is 5.57. The van der Waals surface area contributed by atoms with Gasteiger partial charge in [0.1, 0.15) is 5.75 Å². The van der Waals surface area contributed by atoms with Gasteiger partial charge >= 0.3 is 0 Å². The van der Waals surface area contributed by atoms with Gasteiger partial charge in [-0.05, 0) is 36.8 Å². The van der Waals surface area contributed by atoms with E-state index < -0.39 is 0 Å². The molecular formula is C18H17N3O2S. The molecule has 0 aliphatic rings. The number of benzene rings is 2. The maximum Gasteiger partial charge on any atom is 0.262 e. The molecule has 0 spiro atoms. The van der Waals surface area contributed by atoms with E-state index in [-0.39, 0.29) is 12.5 Å². The van der Waals surface area contributed by atoms with Crippen LogP contribution in [-0.2, 0) is 4.79 Å². The molecular weight excluding hydrogens is 322 g/mol. The molecule has 0 saturated heterocycles. The van der Waals surface area contributed by atoms with Crippen LogP contribution in [0, 0.1) is 6.92 Å². The van der Waals surface area contributed by atoms with E-state index in [0.717, 1.165) is 22.5 Å². The van der Waals surface area contributed by atoms with Crippen molar-refractivity contribution in [2.75, 3.05) is 17.7 Å². The van der Waals surface area contributed by atoms with Crippen LogP contribution in [0.1, 0.15) is 5.56 Å². The van der Waals surface area contributed by atoms with Crippen LogP contribution >= 0.6 is 11.3 Å². The summed E-state index contributed by atoms with van der Waals surface area (Å²) in [4.78, 5) is 16.2. The van der Waals surface area contributed by atoms with Gasteiger partial charge in [0.2, 0.25) is 0 Å². The van der Waals surface area contributed by atoms with Gasteiger partial charge in [0, 0.05) is 16.6 Å². The van der Waals surface area contributed by atoms with E-state index in [1.165, 1.54) is 11.3 Å². The second-order valence-corrected chi connectivity index (χ2v) is 6.19. The monoisotopic (exact) mass is 339 g/mol. The summed E-state index contributed by atoms with van der Waals surface area (Å²) in [6.07, 6.45) is 0. The first kappa shape index (κ1) is 16.0. The van der Waals surface area contributed by atoms with Crippen LogP contribution in [0.3, 0.4) is 0 Å². The van der Waals surface area contributed by atoms with Crippen molar-refractivity contribution in [1.29, 1.82) is 0 Å². The molecule has 2 aromatic carbocycles. The molecule has 0 unspecified atom stereocenters. The summed E-state index contributed by atoms with van der Waals surface area (Å²) in [6.45, 7) is 1.92. The molecule has 3 N–H and O–H groups in total. The molecule has 1 aromatic heterocycles. The van der Waals surface area contributed by atoms with Crippen molar-refractivity contribution in [1.82, 2.24) is 4.98 Å². The molecule has 1 heterocycles. The first-order valence-electron chi connectivity index (χ1n) is 7.41. The normalized spacial score (nSPS) is 10.4. The van der Waals surface area contributed by atoms with Gasteiger partial charge in [-0.2, -0.15) is 0 Å². The number of thiazole rings is 1. The van der Waals surface area contributed by atoms with E-state index in [4.69, 9.17) is 10.5 Å². The lowest BCUT2D eigenvalue weighted by molar-refractivity contribution is -0.118. The van der Waals surface area contributed by atoms with E-state index >= 15 is 0 Å². The summed E-state index contributed by atoms with van der Waals surface area (Å²) in [5.41, 5.74) is 9.21. The van der Waals surface area contributed by atoms with Crippen molar-refractivity contribution in [3.63, 3.8) is 0 Å². The second-order valence-electron chi connectivity index (χ2n) is 5.31. The standard InChI is InChI=1S/C18H17N3O2S/c1-12-4-2-6-14(8-12)20-17(22)10-23-15-7-3-5-13(9-15)16-11-24-18(19)21-16/h2-9,11H,10H2,1H3,(H2,19,21)(H,20,22). The Bertz CT molecular complexity index is 861. The minimum absolute atomic E-state index is 0.0589. The van der Waals surface area contributed by atoms with Crippen molar-refractivity contribution in [2.24, 2.45) is 0 Å². The van der Waals surface area contributed by atoms with E-state index in [1.54, 1.807) is 6.07 Å². The van der Waals surface area contributed by atoms with Crippen LogP contribution in [0.4, 0.5) is 10.8 Å². The van der Waals surface area contributed by atoms with Crippen molar-refractivity contribution < 1.29 is 9.53 Å². The Kier molecular flexibility index (Phi) is 4.77. The summed E-state index contributed by atoms with van der Waals surface area (Å²) in [5.74, 6) is 0.405. The number of aryl methyl sites for hydroxylation is 1. The molecule has 0 radical (unpaired) electrons. The fourth-order valence-electron chi connectivity index (χ4n) is 2.23. The van der Waals surface area contributed by atoms with Crippen molar-refractivity contribution in [2.45, 2.75) is 6.92 Å². The predicted molar refractivity (Wildman–Crippen MR) is 97.3 cm³/mol. The van der Waals surface area contributed by atoms with Crippen molar-refractivity contribution in [3.8, 4) is 17.0 Å². The minimum atomic E-state index is -0.205. The average Bonchev–Trinajstić information content (AvgIpc) is 3.00. The summed E-state index contributed by atoms with van der Waals surface area (Å²) in [7, 11) is 0. The number of hydrogen-bond acceptors (Lipinski definition) is 5. The highest BCUT2D eigenvalue weighted by molar-refractivity contribution is 7.13. The highest BCUT2D eigenvalue weighted by atomic mass is 32.1. The molecule has 0 aliphatic heterocycles. The number of hydrogen-bond donors (Lipinski definition) is 2. The number of anilines is 2. The maximum atomic E-state index is 12.0. The molecule has 24 heavy (non-hydrogen) atoms. The van der Waals surface area contributed by atoms with Crippen molar-refractivity contribution in [3.05, 3.63) is 59.5 Å². The average molecular weight is 339 g/mol. The predicted octanol–water partition coefficient (Wildman–Crippen LogP) is 3.72.